The van der Waals surface area contributed by atoms with Gasteiger partial charge in [0.05, 0.1) is 24.8 Å². The van der Waals surface area contributed by atoms with E-state index < -0.39 is 5.60 Å². The smallest absolute Gasteiger partial charge is 0.410 e. The summed E-state index contributed by atoms with van der Waals surface area (Å²) in [6.07, 6.45) is 1.96. The van der Waals surface area contributed by atoms with E-state index in [4.69, 9.17) is 9.47 Å². The van der Waals surface area contributed by atoms with E-state index in [-0.39, 0.29) is 24.3 Å². The predicted molar refractivity (Wildman–Crippen MR) is 87.7 cm³/mol. The third kappa shape index (κ3) is 3.30. The summed E-state index contributed by atoms with van der Waals surface area (Å²) in [7, 11) is 0. The Morgan fingerprint density at radius 2 is 1.95 bits per heavy atom. The molecule has 0 radical (unpaired) electrons. The van der Waals surface area contributed by atoms with Crippen molar-refractivity contribution in [2.45, 2.75) is 57.5 Å². The van der Waals surface area contributed by atoms with Crippen molar-refractivity contribution >= 4 is 22.0 Å². The minimum Gasteiger partial charge on any atom is -0.444 e. The molecule has 0 unspecified atom stereocenters. The van der Waals surface area contributed by atoms with E-state index in [0.717, 1.165) is 22.9 Å². The summed E-state index contributed by atoms with van der Waals surface area (Å²) in [4.78, 5) is 14.5. The third-order valence-electron chi connectivity index (χ3n) is 4.07. The number of carbonyl (C=O) groups excluding carboxylic acids is 1. The summed E-state index contributed by atoms with van der Waals surface area (Å²) >= 11 is 3.46. The number of hydrogen-bond acceptors (Lipinski definition) is 3. The molecule has 1 amide bonds. The third-order valence-corrected chi connectivity index (χ3v) is 4.60. The van der Waals surface area contributed by atoms with Gasteiger partial charge in [-0.3, -0.25) is 4.90 Å². The second kappa shape index (κ2) is 5.85. The molecule has 2 fully saturated rings. The van der Waals surface area contributed by atoms with Crippen molar-refractivity contribution in [3.8, 4) is 0 Å². The molecule has 2 aliphatic rings. The molecule has 1 aromatic carbocycles. The van der Waals surface area contributed by atoms with Crippen LogP contribution in [0.3, 0.4) is 0 Å². The van der Waals surface area contributed by atoms with Gasteiger partial charge in [0.25, 0.3) is 0 Å². The number of fused-ring (bicyclic) bond motifs is 2. The van der Waals surface area contributed by atoms with Crippen LogP contribution in [0, 0.1) is 0 Å². The van der Waals surface area contributed by atoms with Gasteiger partial charge in [-0.2, -0.15) is 0 Å². The van der Waals surface area contributed by atoms with Crippen LogP contribution < -0.4 is 0 Å². The van der Waals surface area contributed by atoms with E-state index in [1.165, 1.54) is 0 Å². The van der Waals surface area contributed by atoms with Gasteiger partial charge < -0.3 is 9.47 Å². The molecule has 0 N–H and O–H groups in total. The van der Waals surface area contributed by atoms with Crippen molar-refractivity contribution in [2.75, 3.05) is 6.54 Å². The molecule has 3 rings (SSSR count). The maximum absolute atomic E-state index is 12.6. The highest BCUT2D eigenvalue weighted by molar-refractivity contribution is 9.10. The van der Waals surface area contributed by atoms with Gasteiger partial charge in [0.15, 0.2) is 0 Å². The van der Waals surface area contributed by atoms with E-state index >= 15 is 0 Å². The van der Waals surface area contributed by atoms with Crippen LogP contribution in [0.2, 0.25) is 0 Å². The first-order chi connectivity index (χ1) is 10.3. The van der Waals surface area contributed by atoms with Gasteiger partial charge in [0.1, 0.15) is 5.60 Å². The van der Waals surface area contributed by atoms with Crippen molar-refractivity contribution < 1.29 is 14.3 Å². The molecule has 0 saturated carbocycles. The van der Waals surface area contributed by atoms with Crippen LogP contribution in [0.5, 0.6) is 0 Å². The van der Waals surface area contributed by atoms with Gasteiger partial charge in [-0.25, -0.2) is 4.79 Å². The maximum atomic E-state index is 12.6. The number of benzene rings is 1. The molecule has 4 nitrogen and oxygen atoms in total. The lowest BCUT2D eigenvalue weighted by Gasteiger charge is -2.40. The monoisotopic (exact) mass is 367 g/mol. The molecule has 3 atom stereocenters. The zero-order chi connectivity index (χ0) is 15.9. The number of carbonyl (C=O) groups is 1. The molecule has 0 spiro atoms. The molecule has 2 bridgehead atoms. The normalized spacial score (nSPS) is 27.8. The van der Waals surface area contributed by atoms with Crippen molar-refractivity contribution in [2.24, 2.45) is 0 Å². The van der Waals surface area contributed by atoms with E-state index in [0.29, 0.717) is 6.54 Å². The van der Waals surface area contributed by atoms with Crippen LogP contribution in [0.1, 0.15) is 45.2 Å². The summed E-state index contributed by atoms with van der Waals surface area (Å²) in [6, 6.07) is 8.04. The number of amides is 1. The summed E-state index contributed by atoms with van der Waals surface area (Å²) in [6.45, 7) is 6.30. The summed E-state index contributed by atoms with van der Waals surface area (Å²) < 4.78 is 12.7. The van der Waals surface area contributed by atoms with Crippen LogP contribution in [-0.4, -0.2) is 35.3 Å². The average molecular weight is 368 g/mol. The molecule has 22 heavy (non-hydrogen) atoms. The second-order valence-electron chi connectivity index (χ2n) is 7.00. The van der Waals surface area contributed by atoms with E-state index in [2.05, 4.69) is 15.9 Å². The van der Waals surface area contributed by atoms with Crippen molar-refractivity contribution in [3.63, 3.8) is 0 Å². The average Bonchev–Trinajstić information content (AvgIpc) is 2.80. The number of hydrogen-bond donors (Lipinski definition) is 0. The molecule has 0 aromatic heterocycles. The first-order valence-corrected chi connectivity index (χ1v) is 8.53. The molecule has 5 heteroatoms. The summed E-state index contributed by atoms with van der Waals surface area (Å²) in [5.74, 6) is 0. The van der Waals surface area contributed by atoms with Crippen molar-refractivity contribution in [1.29, 1.82) is 0 Å². The fourth-order valence-corrected chi connectivity index (χ4v) is 3.46. The highest BCUT2D eigenvalue weighted by Gasteiger charge is 2.45. The molecular weight excluding hydrogens is 346 g/mol. The van der Waals surface area contributed by atoms with Crippen LogP contribution in [0.25, 0.3) is 0 Å². The van der Waals surface area contributed by atoms with Crippen LogP contribution in [0.4, 0.5) is 4.79 Å². The molecular formula is C17H22BrNO3. The Balaban J connectivity index is 1.88. The Labute approximate surface area is 139 Å². The lowest BCUT2D eigenvalue weighted by molar-refractivity contribution is -0.0823. The molecule has 2 aliphatic heterocycles. The number of nitrogens with zero attached hydrogens (tertiary/aromatic N) is 1. The maximum Gasteiger partial charge on any atom is 0.410 e. The van der Waals surface area contributed by atoms with Crippen molar-refractivity contribution in [3.05, 3.63) is 34.3 Å². The number of rotatable bonds is 1. The lowest BCUT2D eigenvalue weighted by Crippen LogP contribution is -2.49. The topological polar surface area (TPSA) is 38.8 Å². The van der Waals surface area contributed by atoms with Gasteiger partial charge in [0, 0.05) is 4.47 Å². The molecule has 1 aromatic rings. The van der Waals surface area contributed by atoms with Crippen LogP contribution in [0.15, 0.2) is 28.7 Å². The minimum absolute atomic E-state index is 0.0624. The summed E-state index contributed by atoms with van der Waals surface area (Å²) in [5.41, 5.74) is 0.609. The zero-order valence-corrected chi connectivity index (χ0v) is 14.8. The van der Waals surface area contributed by atoms with E-state index in [1.54, 1.807) is 0 Å². The second-order valence-corrected chi connectivity index (χ2v) is 7.92. The molecule has 2 heterocycles. The SMILES string of the molecule is CC(C)(C)OC(=O)N1C[C@@H]2CC[C@@H](O2)[C@@H]1c1ccc(Br)cc1. The Kier molecular flexibility index (Phi) is 4.21. The first kappa shape index (κ1) is 15.8. The first-order valence-electron chi connectivity index (χ1n) is 7.74. The highest BCUT2D eigenvalue weighted by atomic mass is 79.9. The molecule has 2 saturated heterocycles. The molecule has 120 valence electrons. The number of likely N-dealkylation sites (tertiary alicyclic amines) is 1. The minimum atomic E-state index is -0.487. The van der Waals surface area contributed by atoms with Gasteiger partial charge in [-0.05, 0) is 51.3 Å². The molecule has 0 aliphatic carbocycles. The Morgan fingerprint density at radius 1 is 1.27 bits per heavy atom. The fourth-order valence-electron chi connectivity index (χ4n) is 3.20. The lowest BCUT2D eigenvalue weighted by atomic mass is 9.98. The number of halogens is 1. The Bertz CT molecular complexity index is 552. The Hall–Kier alpha value is -1.07. The number of ether oxygens (including phenoxy) is 2. The van der Waals surface area contributed by atoms with Gasteiger partial charge in [-0.15, -0.1) is 0 Å². The van der Waals surface area contributed by atoms with Crippen LogP contribution >= 0.6 is 15.9 Å². The quantitative estimate of drug-likeness (QED) is 0.742. The largest absolute Gasteiger partial charge is 0.444 e. The van der Waals surface area contributed by atoms with Crippen molar-refractivity contribution in [1.82, 2.24) is 4.90 Å². The van der Waals surface area contributed by atoms with Gasteiger partial charge in [-0.1, -0.05) is 28.1 Å². The highest BCUT2D eigenvalue weighted by Crippen LogP contribution is 2.40. The fraction of sp³-hybridized carbons (Fsp3) is 0.588. The zero-order valence-electron chi connectivity index (χ0n) is 13.2. The van der Waals surface area contributed by atoms with E-state index in [9.17, 15) is 4.79 Å². The van der Waals surface area contributed by atoms with Gasteiger partial charge >= 0.3 is 6.09 Å². The number of morpholine rings is 1. The predicted octanol–water partition coefficient (Wildman–Crippen LogP) is 4.29. The standard InChI is InChI=1S/C17H22BrNO3/c1-17(2,3)22-16(20)19-10-13-8-9-14(21-13)15(19)11-4-6-12(18)7-5-11/h4-7,13-15H,8-10H2,1-3H3/t13-,14+,15-/m0/s1. The Morgan fingerprint density at radius 3 is 2.59 bits per heavy atom. The van der Waals surface area contributed by atoms with Gasteiger partial charge in [0.2, 0.25) is 0 Å². The van der Waals surface area contributed by atoms with Crippen LogP contribution in [-0.2, 0) is 9.47 Å². The summed E-state index contributed by atoms with van der Waals surface area (Å²) in [5, 5.41) is 0. The van der Waals surface area contributed by atoms with E-state index in [1.807, 2.05) is 49.9 Å².